The van der Waals surface area contributed by atoms with Gasteiger partial charge in [0.1, 0.15) is 17.8 Å². The van der Waals surface area contributed by atoms with Gasteiger partial charge in [-0.1, -0.05) is 0 Å². The molecular formula is C19H24N8O. The van der Waals surface area contributed by atoms with E-state index in [-0.39, 0.29) is 6.03 Å². The number of nitrogens with one attached hydrogen (secondary N) is 2. The predicted molar refractivity (Wildman–Crippen MR) is 106 cm³/mol. The molecule has 28 heavy (non-hydrogen) atoms. The van der Waals surface area contributed by atoms with Gasteiger partial charge in [-0.25, -0.2) is 14.8 Å². The van der Waals surface area contributed by atoms with Gasteiger partial charge in [0.05, 0.1) is 17.3 Å². The van der Waals surface area contributed by atoms with Gasteiger partial charge < -0.3 is 20.1 Å². The standard InChI is InChI=1S/C19H24N8O/c1-25-10-14(7-23-25)24-19(28)27-8-12-5-15(6-13(12)9-27)26(2)18-16-3-4-20-17(16)21-11-22-18/h3-4,7,10-13,15H,5-6,8-9H2,1-2H3,(H,24,28)(H,20,21,22)/t12-,13+,15?. The summed E-state index contributed by atoms with van der Waals surface area (Å²) in [6.07, 6.45) is 9.15. The Labute approximate surface area is 162 Å². The summed E-state index contributed by atoms with van der Waals surface area (Å²) in [6, 6.07) is 2.44. The van der Waals surface area contributed by atoms with E-state index in [0.717, 1.165) is 48.5 Å². The number of aryl methyl sites for hydroxylation is 1. The highest BCUT2D eigenvalue weighted by Gasteiger charge is 2.44. The number of aromatic amines is 1. The molecule has 3 atom stereocenters. The van der Waals surface area contributed by atoms with Gasteiger partial charge in [-0.05, 0) is 30.7 Å². The predicted octanol–water partition coefficient (Wildman–Crippen LogP) is 2.07. The van der Waals surface area contributed by atoms with Crippen molar-refractivity contribution in [3.63, 3.8) is 0 Å². The van der Waals surface area contributed by atoms with Gasteiger partial charge in [-0.3, -0.25) is 4.68 Å². The summed E-state index contributed by atoms with van der Waals surface area (Å²) in [7, 11) is 3.96. The summed E-state index contributed by atoms with van der Waals surface area (Å²) in [5, 5.41) is 8.09. The van der Waals surface area contributed by atoms with Crippen molar-refractivity contribution in [1.82, 2.24) is 29.6 Å². The molecule has 3 aromatic rings. The Balaban J connectivity index is 1.23. The summed E-state index contributed by atoms with van der Waals surface area (Å²) in [4.78, 5) is 28.7. The number of hydrogen-bond donors (Lipinski definition) is 2. The maximum absolute atomic E-state index is 12.6. The van der Waals surface area contributed by atoms with Crippen molar-refractivity contribution in [3.05, 3.63) is 31.0 Å². The van der Waals surface area contributed by atoms with E-state index in [4.69, 9.17) is 0 Å². The molecule has 146 valence electrons. The molecule has 0 radical (unpaired) electrons. The number of carbonyl (C=O) groups is 1. The van der Waals surface area contributed by atoms with Gasteiger partial charge in [-0.15, -0.1) is 0 Å². The van der Waals surface area contributed by atoms with Crippen molar-refractivity contribution in [1.29, 1.82) is 0 Å². The number of carbonyl (C=O) groups excluding carboxylic acids is 1. The molecule has 1 aliphatic carbocycles. The van der Waals surface area contributed by atoms with Crippen LogP contribution in [0.15, 0.2) is 31.0 Å². The number of rotatable bonds is 3. The normalized spacial score (nSPS) is 23.9. The third-order valence-electron chi connectivity index (χ3n) is 6.18. The lowest BCUT2D eigenvalue weighted by molar-refractivity contribution is 0.218. The molecule has 1 saturated heterocycles. The quantitative estimate of drug-likeness (QED) is 0.725. The number of urea groups is 1. The second-order valence-corrected chi connectivity index (χ2v) is 7.93. The van der Waals surface area contributed by atoms with E-state index in [0.29, 0.717) is 17.9 Å². The number of anilines is 2. The molecule has 9 heteroatoms. The molecule has 0 bridgehead atoms. The Kier molecular flexibility index (Phi) is 3.96. The van der Waals surface area contributed by atoms with Gasteiger partial charge in [-0.2, -0.15) is 5.10 Å². The van der Waals surface area contributed by atoms with Crippen molar-refractivity contribution < 1.29 is 4.79 Å². The number of H-pyrrole nitrogens is 1. The molecule has 0 spiro atoms. The van der Waals surface area contributed by atoms with Crippen LogP contribution in [0.4, 0.5) is 16.3 Å². The third kappa shape index (κ3) is 2.87. The van der Waals surface area contributed by atoms with Crippen molar-refractivity contribution in [2.45, 2.75) is 18.9 Å². The van der Waals surface area contributed by atoms with E-state index < -0.39 is 0 Å². The lowest BCUT2D eigenvalue weighted by Crippen LogP contribution is -2.36. The Morgan fingerprint density at radius 1 is 1.29 bits per heavy atom. The lowest BCUT2D eigenvalue weighted by Gasteiger charge is -2.28. The maximum Gasteiger partial charge on any atom is 0.321 e. The molecule has 1 saturated carbocycles. The first-order chi connectivity index (χ1) is 13.6. The fraction of sp³-hybridized carbons (Fsp3) is 0.474. The monoisotopic (exact) mass is 380 g/mol. The summed E-state index contributed by atoms with van der Waals surface area (Å²) >= 11 is 0. The number of hydrogen-bond acceptors (Lipinski definition) is 5. The van der Waals surface area contributed by atoms with E-state index in [9.17, 15) is 4.79 Å². The molecule has 5 rings (SSSR count). The zero-order chi connectivity index (χ0) is 19.3. The average Bonchev–Trinajstić information content (AvgIpc) is 3.43. The van der Waals surface area contributed by atoms with Crippen molar-refractivity contribution in [2.24, 2.45) is 18.9 Å². The second kappa shape index (κ2) is 6.50. The summed E-state index contributed by atoms with van der Waals surface area (Å²) in [5.74, 6) is 2.05. The van der Waals surface area contributed by atoms with Crippen LogP contribution >= 0.6 is 0 Å². The molecule has 4 heterocycles. The first-order valence-electron chi connectivity index (χ1n) is 9.64. The molecule has 2 aliphatic rings. The van der Waals surface area contributed by atoms with Crippen LogP contribution in [0.25, 0.3) is 11.0 Å². The van der Waals surface area contributed by atoms with E-state index in [2.05, 4.69) is 37.3 Å². The zero-order valence-electron chi connectivity index (χ0n) is 16.0. The van der Waals surface area contributed by atoms with Crippen molar-refractivity contribution in [2.75, 3.05) is 30.4 Å². The number of likely N-dealkylation sites (tertiary alicyclic amines) is 1. The van der Waals surface area contributed by atoms with E-state index in [1.54, 1.807) is 17.2 Å². The average molecular weight is 380 g/mol. The van der Waals surface area contributed by atoms with Crippen LogP contribution in [0.5, 0.6) is 0 Å². The number of nitrogens with zero attached hydrogens (tertiary/aromatic N) is 6. The third-order valence-corrected chi connectivity index (χ3v) is 6.18. The second-order valence-electron chi connectivity index (χ2n) is 7.93. The van der Waals surface area contributed by atoms with E-state index in [1.165, 1.54) is 0 Å². The smallest absolute Gasteiger partial charge is 0.321 e. The van der Waals surface area contributed by atoms with Crippen LogP contribution in [0.2, 0.25) is 0 Å². The largest absolute Gasteiger partial charge is 0.356 e. The minimum absolute atomic E-state index is 0.0304. The van der Waals surface area contributed by atoms with Crippen molar-refractivity contribution in [3.8, 4) is 0 Å². The molecule has 9 nitrogen and oxygen atoms in total. The zero-order valence-corrected chi connectivity index (χ0v) is 16.0. The maximum atomic E-state index is 12.6. The molecule has 2 amide bonds. The Hall–Kier alpha value is -3.10. The highest BCUT2D eigenvalue weighted by Crippen LogP contribution is 2.41. The summed E-state index contributed by atoms with van der Waals surface area (Å²) in [5.41, 5.74) is 1.61. The number of amides is 2. The van der Waals surface area contributed by atoms with Gasteiger partial charge >= 0.3 is 6.03 Å². The lowest BCUT2D eigenvalue weighted by atomic mass is 10.0. The topological polar surface area (TPSA) is 95.0 Å². The summed E-state index contributed by atoms with van der Waals surface area (Å²) < 4.78 is 1.68. The molecule has 2 fully saturated rings. The van der Waals surface area contributed by atoms with Crippen LogP contribution < -0.4 is 10.2 Å². The Bertz CT molecular complexity index is 996. The van der Waals surface area contributed by atoms with Crippen LogP contribution in [-0.4, -0.2) is 61.8 Å². The first-order valence-corrected chi connectivity index (χ1v) is 9.64. The Morgan fingerprint density at radius 2 is 2.07 bits per heavy atom. The summed E-state index contributed by atoms with van der Waals surface area (Å²) in [6.45, 7) is 1.62. The highest BCUT2D eigenvalue weighted by atomic mass is 16.2. The van der Waals surface area contributed by atoms with Crippen LogP contribution in [0.1, 0.15) is 12.8 Å². The minimum Gasteiger partial charge on any atom is -0.356 e. The van der Waals surface area contributed by atoms with Gasteiger partial charge in [0.2, 0.25) is 0 Å². The fourth-order valence-corrected chi connectivity index (χ4v) is 4.75. The van der Waals surface area contributed by atoms with Crippen LogP contribution in [0, 0.1) is 11.8 Å². The van der Waals surface area contributed by atoms with E-state index in [1.807, 2.05) is 30.4 Å². The molecule has 1 aliphatic heterocycles. The van der Waals surface area contributed by atoms with Crippen LogP contribution in [0.3, 0.4) is 0 Å². The van der Waals surface area contributed by atoms with Gasteiger partial charge in [0, 0.05) is 45.6 Å². The fourth-order valence-electron chi connectivity index (χ4n) is 4.75. The van der Waals surface area contributed by atoms with Gasteiger partial charge in [0.25, 0.3) is 0 Å². The van der Waals surface area contributed by atoms with Gasteiger partial charge in [0.15, 0.2) is 0 Å². The number of aromatic nitrogens is 5. The highest BCUT2D eigenvalue weighted by molar-refractivity contribution is 5.89. The molecule has 0 aromatic carbocycles. The molecule has 2 N–H and O–H groups in total. The van der Waals surface area contributed by atoms with Crippen molar-refractivity contribution >= 4 is 28.6 Å². The number of fused-ring (bicyclic) bond motifs is 2. The van der Waals surface area contributed by atoms with E-state index >= 15 is 0 Å². The minimum atomic E-state index is -0.0304. The van der Waals surface area contributed by atoms with Crippen LogP contribution in [-0.2, 0) is 7.05 Å². The molecule has 1 unspecified atom stereocenters. The molecule has 3 aromatic heterocycles. The SMILES string of the molecule is CN(c1ncnc2[nH]ccc12)C1C[C@@H]2CN(C(=O)Nc3cnn(C)c3)C[C@@H]2C1. The Morgan fingerprint density at radius 3 is 2.79 bits per heavy atom. The first kappa shape index (κ1) is 17.0. The molecular weight excluding hydrogens is 356 g/mol.